The van der Waals surface area contributed by atoms with Gasteiger partial charge in [0.2, 0.25) is 0 Å². The van der Waals surface area contributed by atoms with E-state index in [1.54, 1.807) is 19.1 Å². The Morgan fingerprint density at radius 3 is 3.00 bits per heavy atom. The molecular weight excluding hydrogens is 266 g/mol. The summed E-state index contributed by atoms with van der Waals surface area (Å²) in [5, 5.41) is 0. The molecule has 0 aliphatic carbocycles. The number of carbonyl (C=O) groups is 1. The molecule has 0 amide bonds. The van der Waals surface area contributed by atoms with Crippen LogP contribution in [0.2, 0.25) is 0 Å². The minimum atomic E-state index is -0.297. The van der Waals surface area contributed by atoms with Crippen molar-refractivity contribution in [1.82, 2.24) is 0 Å². The van der Waals surface area contributed by atoms with Gasteiger partial charge in [-0.3, -0.25) is 0 Å². The van der Waals surface area contributed by atoms with Crippen molar-refractivity contribution in [2.75, 3.05) is 36.9 Å². The number of ether oxygens (including phenoxy) is 1. The molecule has 1 aromatic carbocycles. The van der Waals surface area contributed by atoms with E-state index in [1.807, 2.05) is 6.07 Å². The van der Waals surface area contributed by atoms with Gasteiger partial charge in [-0.25, -0.2) is 4.79 Å². The van der Waals surface area contributed by atoms with Gasteiger partial charge < -0.3 is 21.1 Å². The molecule has 5 nitrogen and oxygen atoms in total. The highest BCUT2D eigenvalue weighted by Crippen LogP contribution is 2.30. The molecule has 1 aliphatic heterocycles. The quantitative estimate of drug-likeness (QED) is 0.640. The third kappa shape index (κ3) is 3.88. The van der Waals surface area contributed by atoms with Gasteiger partial charge in [-0.1, -0.05) is 0 Å². The van der Waals surface area contributed by atoms with Crippen LogP contribution in [0.3, 0.4) is 0 Å². The second-order valence-corrected chi connectivity index (χ2v) is 5.53. The summed E-state index contributed by atoms with van der Waals surface area (Å²) < 4.78 is 5.06. The number of piperidine rings is 1. The van der Waals surface area contributed by atoms with Gasteiger partial charge in [0, 0.05) is 13.1 Å². The largest absolute Gasteiger partial charge is 0.462 e. The molecule has 5 heteroatoms. The van der Waals surface area contributed by atoms with E-state index in [9.17, 15) is 4.79 Å². The van der Waals surface area contributed by atoms with Crippen LogP contribution in [0.4, 0.5) is 11.4 Å². The Kier molecular flexibility index (Phi) is 5.44. The standard InChI is InChI=1S/C16H25N3O2/c1-2-21-16(20)13-5-6-14(18)15(10-13)19-9-3-4-12(11-19)7-8-17/h5-6,10,12H,2-4,7-9,11,17-18H2,1H3. The first-order valence-corrected chi connectivity index (χ1v) is 7.67. The van der Waals surface area contributed by atoms with Crippen LogP contribution in [0.25, 0.3) is 0 Å². The summed E-state index contributed by atoms with van der Waals surface area (Å²) in [6.07, 6.45) is 3.38. The molecule has 0 radical (unpaired) electrons. The first kappa shape index (κ1) is 15.6. The second-order valence-electron chi connectivity index (χ2n) is 5.53. The van der Waals surface area contributed by atoms with Crippen LogP contribution in [0.1, 0.15) is 36.5 Å². The molecule has 0 aromatic heterocycles. The number of anilines is 2. The van der Waals surface area contributed by atoms with E-state index in [0.717, 1.165) is 38.2 Å². The van der Waals surface area contributed by atoms with Crippen molar-refractivity contribution in [2.45, 2.75) is 26.2 Å². The topological polar surface area (TPSA) is 81.6 Å². The maximum Gasteiger partial charge on any atom is 0.338 e. The molecule has 1 aliphatic rings. The highest BCUT2D eigenvalue weighted by Gasteiger charge is 2.22. The van der Waals surface area contributed by atoms with Crippen LogP contribution in [-0.4, -0.2) is 32.2 Å². The monoisotopic (exact) mass is 291 g/mol. The van der Waals surface area contributed by atoms with Crippen molar-refractivity contribution in [1.29, 1.82) is 0 Å². The number of nitrogens with zero attached hydrogens (tertiary/aromatic N) is 1. The molecule has 1 unspecified atom stereocenters. The Morgan fingerprint density at radius 1 is 1.48 bits per heavy atom. The zero-order valence-electron chi connectivity index (χ0n) is 12.7. The molecule has 1 saturated heterocycles. The summed E-state index contributed by atoms with van der Waals surface area (Å²) in [6.45, 7) is 4.82. The zero-order chi connectivity index (χ0) is 15.2. The van der Waals surface area contributed by atoms with Gasteiger partial charge in [0.15, 0.2) is 0 Å². The summed E-state index contributed by atoms with van der Waals surface area (Å²) in [4.78, 5) is 14.1. The molecule has 1 heterocycles. The van der Waals surface area contributed by atoms with Crippen LogP contribution in [0.5, 0.6) is 0 Å². The molecule has 2 rings (SSSR count). The van der Waals surface area contributed by atoms with E-state index >= 15 is 0 Å². The number of hydrogen-bond acceptors (Lipinski definition) is 5. The summed E-state index contributed by atoms with van der Waals surface area (Å²) in [7, 11) is 0. The maximum absolute atomic E-state index is 11.9. The van der Waals surface area contributed by atoms with E-state index < -0.39 is 0 Å². The van der Waals surface area contributed by atoms with Gasteiger partial charge in [-0.15, -0.1) is 0 Å². The maximum atomic E-state index is 11.9. The van der Waals surface area contributed by atoms with Gasteiger partial charge in [0.25, 0.3) is 0 Å². The molecule has 116 valence electrons. The highest BCUT2D eigenvalue weighted by molar-refractivity contribution is 5.92. The van der Waals surface area contributed by atoms with Crippen LogP contribution in [0, 0.1) is 5.92 Å². The third-order valence-corrected chi connectivity index (χ3v) is 3.98. The summed E-state index contributed by atoms with van der Waals surface area (Å²) in [6, 6.07) is 5.35. The molecule has 1 atom stereocenters. The Hall–Kier alpha value is -1.75. The van der Waals surface area contributed by atoms with E-state index in [-0.39, 0.29) is 5.97 Å². The fraction of sp³-hybridized carbons (Fsp3) is 0.562. The van der Waals surface area contributed by atoms with Crippen LogP contribution < -0.4 is 16.4 Å². The van der Waals surface area contributed by atoms with Crippen molar-refractivity contribution in [3.63, 3.8) is 0 Å². The minimum absolute atomic E-state index is 0.297. The van der Waals surface area contributed by atoms with Crippen molar-refractivity contribution >= 4 is 17.3 Å². The number of hydrogen-bond donors (Lipinski definition) is 2. The molecule has 4 N–H and O–H groups in total. The van der Waals surface area contributed by atoms with Crippen LogP contribution in [-0.2, 0) is 4.74 Å². The Labute approximate surface area is 126 Å². The lowest BCUT2D eigenvalue weighted by atomic mass is 9.94. The smallest absolute Gasteiger partial charge is 0.338 e. The van der Waals surface area contributed by atoms with Gasteiger partial charge >= 0.3 is 5.97 Å². The van der Waals surface area contributed by atoms with Crippen molar-refractivity contribution in [2.24, 2.45) is 11.7 Å². The predicted molar refractivity (Wildman–Crippen MR) is 85.4 cm³/mol. The number of nitrogen functional groups attached to an aromatic ring is 1. The van der Waals surface area contributed by atoms with Crippen molar-refractivity contribution < 1.29 is 9.53 Å². The number of rotatable bonds is 5. The van der Waals surface area contributed by atoms with Crippen molar-refractivity contribution in [3.05, 3.63) is 23.8 Å². The summed E-state index contributed by atoms with van der Waals surface area (Å²) >= 11 is 0. The Balaban J connectivity index is 2.17. The molecular formula is C16H25N3O2. The van der Waals surface area contributed by atoms with Gasteiger partial charge in [0.1, 0.15) is 0 Å². The summed E-state index contributed by atoms with van der Waals surface area (Å²) in [5.41, 5.74) is 14.0. The number of nitrogens with two attached hydrogens (primary N) is 2. The predicted octanol–water partition coefficient (Wildman–Crippen LogP) is 2.01. The average Bonchev–Trinajstić information content (AvgIpc) is 2.48. The molecule has 0 bridgehead atoms. The lowest BCUT2D eigenvalue weighted by Gasteiger charge is -2.35. The molecule has 1 aromatic rings. The van der Waals surface area contributed by atoms with Crippen LogP contribution >= 0.6 is 0 Å². The van der Waals surface area contributed by atoms with E-state index in [0.29, 0.717) is 23.8 Å². The van der Waals surface area contributed by atoms with Gasteiger partial charge in [-0.05, 0) is 56.8 Å². The first-order chi connectivity index (χ1) is 10.2. The Bertz CT molecular complexity index is 488. The fourth-order valence-electron chi connectivity index (χ4n) is 2.91. The SMILES string of the molecule is CCOC(=O)c1ccc(N)c(N2CCCC(CCN)C2)c1. The number of esters is 1. The molecule has 0 spiro atoms. The average molecular weight is 291 g/mol. The first-order valence-electron chi connectivity index (χ1n) is 7.67. The lowest BCUT2D eigenvalue weighted by molar-refractivity contribution is 0.0526. The third-order valence-electron chi connectivity index (χ3n) is 3.98. The van der Waals surface area contributed by atoms with Gasteiger partial charge in [0.05, 0.1) is 23.5 Å². The lowest BCUT2D eigenvalue weighted by Crippen LogP contribution is -2.36. The van der Waals surface area contributed by atoms with Gasteiger partial charge in [-0.2, -0.15) is 0 Å². The molecule has 0 saturated carbocycles. The number of carbonyl (C=O) groups excluding carboxylic acids is 1. The summed E-state index contributed by atoms with van der Waals surface area (Å²) in [5.74, 6) is 0.309. The van der Waals surface area contributed by atoms with Crippen LogP contribution in [0.15, 0.2) is 18.2 Å². The minimum Gasteiger partial charge on any atom is -0.462 e. The molecule has 21 heavy (non-hydrogen) atoms. The zero-order valence-corrected chi connectivity index (χ0v) is 12.7. The fourth-order valence-corrected chi connectivity index (χ4v) is 2.91. The number of benzene rings is 1. The molecule has 1 fully saturated rings. The second kappa shape index (κ2) is 7.31. The van der Waals surface area contributed by atoms with E-state index in [1.165, 1.54) is 6.42 Å². The van der Waals surface area contributed by atoms with E-state index in [2.05, 4.69) is 4.90 Å². The normalized spacial score (nSPS) is 18.6. The van der Waals surface area contributed by atoms with E-state index in [4.69, 9.17) is 16.2 Å². The van der Waals surface area contributed by atoms with Crippen molar-refractivity contribution in [3.8, 4) is 0 Å². The highest BCUT2D eigenvalue weighted by atomic mass is 16.5. The Morgan fingerprint density at radius 2 is 2.29 bits per heavy atom.